The van der Waals surface area contributed by atoms with Gasteiger partial charge in [0, 0.05) is 12.2 Å². The Bertz CT molecular complexity index is 716. The molecule has 0 spiro atoms. The van der Waals surface area contributed by atoms with Crippen molar-refractivity contribution in [2.24, 2.45) is 0 Å². The molecule has 1 aliphatic heterocycles. The van der Waals surface area contributed by atoms with E-state index in [-0.39, 0.29) is 11.8 Å². The van der Waals surface area contributed by atoms with Gasteiger partial charge in [-0.05, 0) is 30.9 Å². The highest BCUT2D eigenvalue weighted by molar-refractivity contribution is 6.02. The van der Waals surface area contributed by atoms with Gasteiger partial charge < -0.3 is 10.6 Å². The van der Waals surface area contributed by atoms with E-state index in [1.54, 1.807) is 0 Å². The first kappa shape index (κ1) is 15.4. The Morgan fingerprint density at radius 3 is 2.70 bits per heavy atom. The average Bonchev–Trinajstić information content (AvgIpc) is 2.90. The third-order valence-corrected chi connectivity index (χ3v) is 4.14. The number of para-hydroxylation sites is 1. The van der Waals surface area contributed by atoms with Gasteiger partial charge in [-0.3, -0.25) is 4.79 Å². The van der Waals surface area contributed by atoms with Crippen molar-refractivity contribution in [3.63, 3.8) is 0 Å². The third-order valence-electron chi connectivity index (χ3n) is 4.14. The van der Waals surface area contributed by atoms with Crippen LogP contribution in [0.2, 0.25) is 0 Å². The Balaban J connectivity index is 1.63. The first-order valence-corrected chi connectivity index (χ1v) is 8.09. The van der Waals surface area contributed by atoms with Crippen molar-refractivity contribution < 1.29 is 4.79 Å². The SMILES string of the molecule is CCc1nnc(NCC[C@@H]2C(=O)Nc3ccccc32)nc1CC. The van der Waals surface area contributed by atoms with Gasteiger partial charge in [0.2, 0.25) is 11.9 Å². The molecule has 2 N–H and O–H groups in total. The number of aryl methyl sites for hydroxylation is 2. The third kappa shape index (κ3) is 3.16. The molecule has 1 atom stereocenters. The van der Waals surface area contributed by atoms with Crippen molar-refractivity contribution in [2.75, 3.05) is 17.2 Å². The first-order chi connectivity index (χ1) is 11.2. The summed E-state index contributed by atoms with van der Waals surface area (Å²) in [6, 6.07) is 7.83. The van der Waals surface area contributed by atoms with Crippen LogP contribution in [-0.2, 0) is 17.6 Å². The van der Waals surface area contributed by atoms with Crippen LogP contribution in [0, 0.1) is 0 Å². The summed E-state index contributed by atoms with van der Waals surface area (Å²) in [4.78, 5) is 16.6. The van der Waals surface area contributed by atoms with E-state index in [1.807, 2.05) is 31.2 Å². The maximum Gasteiger partial charge on any atom is 0.242 e. The van der Waals surface area contributed by atoms with Crippen LogP contribution in [0.25, 0.3) is 0 Å². The largest absolute Gasteiger partial charge is 0.353 e. The standard InChI is InChI=1S/C17H21N5O/c1-3-13-14(4-2)21-22-17(20-13)18-10-9-12-11-7-5-6-8-15(11)19-16(12)23/h5-8,12H,3-4,9-10H2,1-2H3,(H,19,23)(H,18,20,22)/t12-/m0/s1. The van der Waals surface area contributed by atoms with Crippen LogP contribution < -0.4 is 10.6 Å². The number of carbonyl (C=O) groups is 1. The smallest absolute Gasteiger partial charge is 0.242 e. The minimum Gasteiger partial charge on any atom is -0.353 e. The van der Waals surface area contributed by atoms with Crippen molar-refractivity contribution in [1.82, 2.24) is 15.2 Å². The summed E-state index contributed by atoms with van der Waals surface area (Å²) in [5, 5.41) is 14.4. The van der Waals surface area contributed by atoms with E-state index in [2.05, 4.69) is 32.7 Å². The Labute approximate surface area is 135 Å². The van der Waals surface area contributed by atoms with Crippen LogP contribution in [-0.4, -0.2) is 27.6 Å². The zero-order valence-corrected chi connectivity index (χ0v) is 13.5. The molecule has 0 saturated heterocycles. The molecule has 23 heavy (non-hydrogen) atoms. The summed E-state index contributed by atoms with van der Waals surface area (Å²) in [6.07, 6.45) is 2.37. The van der Waals surface area contributed by atoms with Crippen molar-refractivity contribution in [1.29, 1.82) is 0 Å². The zero-order valence-electron chi connectivity index (χ0n) is 13.5. The number of rotatable bonds is 6. The summed E-state index contributed by atoms with van der Waals surface area (Å²) in [5.41, 5.74) is 3.91. The molecule has 2 aromatic rings. The van der Waals surface area contributed by atoms with Crippen molar-refractivity contribution in [3.05, 3.63) is 41.2 Å². The van der Waals surface area contributed by atoms with Gasteiger partial charge in [0.05, 0.1) is 17.3 Å². The molecule has 0 radical (unpaired) electrons. The second kappa shape index (κ2) is 6.73. The number of hydrogen-bond donors (Lipinski definition) is 2. The highest BCUT2D eigenvalue weighted by Crippen LogP contribution is 2.34. The summed E-state index contributed by atoms with van der Waals surface area (Å²) < 4.78 is 0. The van der Waals surface area contributed by atoms with E-state index in [0.29, 0.717) is 18.9 Å². The molecule has 0 aliphatic carbocycles. The number of hydrogen-bond acceptors (Lipinski definition) is 5. The van der Waals surface area contributed by atoms with Gasteiger partial charge >= 0.3 is 0 Å². The highest BCUT2D eigenvalue weighted by atomic mass is 16.2. The van der Waals surface area contributed by atoms with Crippen molar-refractivity contribution in [3.8, 4) is 0 Å². The van der Waals surface area contributed by atoms with Gasteiger partial charge in [-0.1, -0.05) is 32.0 Å². The zero-order chi connectivity index (χ0) is 16.2. The molecule has 0 unspecified atom stereocenters. The summed E-state index contributed by atoms with van der Waals surface area (Å²) in [6.45, 7) is 4.74. The predicted molar refractivity (Wildman–Crippen MR) is 89.5 cm³/mol. The van der Waals surface area contributed by atoms with Gasteiger partial charge in [0.25, 0.3) is 0 Å². The molecule has 1 aromatic heterocycles. The van der Waals surface area contributed by atoms with E-state index in [9.17, 15) is 4.79 Å². The highest BCUT2D eigenvalue weighted by Gasteiger charge is 2.29. The van der Waals surface area contributed by atoms with E-state index in [0.717, 1.165) is 35.5 Å². The monoisotopic (exact) mass is 311 g/mol. The molecule has 0 fully saturated rings. The Morgan fingerprint density at radius 1 is 1.13 bits per heavy atom. The van der Waals surface area contributed by atoms with Crippen molar-refractivity contribution in [2.45, 2.75) is 39.0 Å². The normalized spacial score (nSPS) is 16.1. The summed E-state index contributed by atoms with van der Waals surface area (Å²) in [5.74, 6) is 0.473. The minimum absolute atomic E-state index is 0.0580. The van der Waals surface area contributed by atoms with Crippen LogP contribution in [0.1, 0.15) is 43.1 Å². The number of anilines is 2. The van der Waals surface area contributed by atoms with Crippen LogP contribution in [0.15, 0.2) is 24.3 Å². The lowest BCUT2D eigenvalue weighted by Gasteiger charge is -2.10. The fourth-order valence-corrected chi connectivity index (χ4v) is 2.90. The minimum atomic E-state index is -0.118. The summed E-state index contributed by atoms with van der Waals surface area (Å²) in [7, 11) is 0. The first-order valence-electron chi connectivity index (χ1n) is 8.09. The lowest BCUT2D eigenvalue weighted by molar-refractivity contribution is -0.117. The lowest BCUT2D eigenvalue weighted by Crippen LogP contribution is -2.17. The van der Waals surface area contributed by atoms with Gasteiger partial charge in [0.15, 0.2) is 0 Å². The van der Waals surface area contributed by atoms with E-state index in [1.165, 1.54) is 0 Å². The second-order valence-corrected chi connectivity index (χ2v) is 5.58. The number of fused-ring (bicyclic) bond motifs is 1. The number of aromatic nitrogens is 3. The van der Waals surface area contributed by atoms with E-state index < -0.39 is 0 Å². The molecule has 0 saturated carbocycles. The molecular weight excluding hydrogens is 290 g/mol. The van der Waals surface area contributed by atoms with Crippen LogP contribution >= 0.6 is 0 Å². The molecular formula is C17H21N5O. The molecule has 2 heterocycles. The summed E-state index contributed by atoms with van der Waals surface area (Å²) >= 11 is 0. The van der Waals surface area contributed by atoms with Crippen molar-refractivity contribution >= 4 is 17.5 Å². The second-order valence-electron chi connectivity index (χ2n) is 5.58. The maximum absolute atomic E-state index is 12.1. The number of benzene rings is 1. The quantitative estimate of drug-likeness (QED) is 0.857. The van der Waals surface area contributed by atoms with Crippen LogP contribution in [0.3, 0.4) is 0 Å². The molecule has 0 bridgehead atoms. The van der Waals surface area contributed by atoms with Crippen LogP contribution in [0.4, 0.5) is 11.6 Å². The molecule has 1 aromatic carbocycles. The van der Waals surface area contributed by atoms with E-state index >= 15 is 0 Å². The fraction of sp³-hybridized carbons (Fsp3) is 0.412. The Hall–Kier alpha value is -2.50. The van der Waals surface area contributed by atoms with Gasteiger partial charge in [0.1, 0.15) is 0 Å². The maximum atomic E-state index is 12.1. The van der Waals surface area contributed by atoms with E-state index in [4.69, 9.17) is 0 Å². The topological polar surface area (TPSA) is 79.8 Å². The van der Waals surface area contributed by atoms with Gasteiger partial charge in [-0.2, -0.15) is 5.10 Å². The molecule has 1 amide bonds. The van der Waals surface area contributed by atoms with Crippen LogP contribution in [0.5, 0.6) is 0 Å². The van der Waals surface area contributed by atoms with Gasteiger partial charge in [-0.25, -0.2) is 4.98 Å². The molecule has 6 nitrogen and oxygen atoms in total. The lowest BCUT2D eigenvalue weighted by atomic mass is 9.97. The molecule has 120 valence electrons. The Morgan fingerprint density at radius 2 is 1.91 bits per heavy atom. The average molecular weight is 311 g/mol. The number of nitrogens with one attached hydrogen (secondary N) is 2. The molecule has 6 heteroatoms. The fourth-order valence-electron chi connectivity index (χ4n) is 2.90. The number of carbonyl (C=O) groups excluding carboxylic acids is 1. The molecule has 1 aliphatic rings. The number of nitrogens with zero attached hydrogens (tertiary/aromatic N) is 3. The van der Waals surface area contributed by atoms with Gasteiger partial charge in [-0.15, -0.1) is 5.10 Å². The molecule has 3 rings (SSSR count). The number of amides is 1. The Kier molecular flexibility index (Phi) is 4.50. The predicted octanol–water partition coefficient (Wildman–Crippen LogP) is 2.53.